The number of carbonyl (C=O) groups is 2. The van der Waals surface area contributed by atoms with Gasteiger partial charge < -0.3 is 19.6 Å². The van der Waals surface area contributed by atoms with Crippen molar-refractivity contribution in [1.29, 1.82) is 0 Å². The van der Waals surface area contributed by atoms with Crippen molar-refractivity contribution in [2.75, 3.05) is 11.9 Å². The number of aliphatic carboxylic acids is 1. The third-order valence-corrected chi connectivity index (χ3v) is 3.65. The first-order chi connectivity index (χ1) is 11.9. The van der Waals surface area contributed by atoms with E-state index < -0.39 is 11.9 Å². The molecule has 1 aromatic carbocycles. The van der Waals surface area contributed by atoms with Crippen LogP contribution in [0, 0.1) is 12.8 Å². The highest BCUT2D eigenvalue weighted by Crippen LogP contribution is 2.22. The SMILES string of the molecule is Cc1coc(CC(=O)O)c1C(=O)Nc1cccc(OCCC(C)C)c1. The summed E-state index contributed by atoms with van der Waals surface area (Å²) in [6.45, 7) is 6.57. The monoisotopic (exact) mass is 345 g/mol. The molecular formula is C19H23NO5. The van der Waals surface area contributed by atoms with Gasteiger partial charge in [0.05, 0.1) is 18.4 Å². The second-order valence-electron chi connectivity index (χ2n) is 6.30. The molecule has 0 fully saturated rings. The molecular weight excluding hydrogens is 322 g/mol. The van der Waals surface area contributed by atoms with Crippen LogP contribution in [0.5, 0.6) is 5.75 Å². The maximum absolute atomic E-state index is 12.5. The maximum Gasteiger partial charge on any atom is 0.311 e. The molecule has 25 heavy (non-hydrogen) atoms. The average molecular weight is 345 g/mol. The Balaban J connectivity index is 2.08. The predicted octanol–water partition coefficient (Wildman–Crippen LogP) is 3.89. The summed E-state index contributed by atoms with van der Waals surface area (Å²) in [7, 11) is 0. The van der Waals surface area contributed by atoms with Crippen LogP contribution >= 0.6 is 0 Å². The van der Waals surface area contributed by atoms with Crippen molar-refractivity contribution in [3.05, 3.63) is 47.4 Å². The van der Waals surface area contributed by atoms with Crippen molar-refractivity contribution in [3.63, 3.8) is 0 Å². The van der Waals surface area contributed by atoms with E-state index in [-0.39, 0.29) is 17.7 Å². The molecule has 2 rings (SSSR count). The van der Waals surface area contributed by atoms with Crippen LogP contribution in [0.1, 0.15) is 41.9 Å². The van der Waals surface area contributed by atoms with Gasteiger partial charge in [0.2, 0.25) is 0 Å². The highest BCUT2D eigenvalue weighted by Gasteiger charge is 2.20. The van der Waals surface area contributed by atoms with E-state index in [1.54, 1.807) is 25.1 Å². The van der Waals surface area contributed by atoms with E-state index in [1.165, 1.54) is 6.26 Å². The number of carboxylic acids is 1. The van der Waals surface area contributed by atoms with Gasteiger partial charge in [-0.05, 0) is 31.4 Å². The van der Waals surface area contributed by atoms with Gasteiger partial charge >= 0.3 is 5.97 Å². The minimum atomic E-state index is -1.05. The van der Waals surface area contributed by atoms with Crippen molar-refractivity contribution in [2.24, 2.45) is 5.92 Å². The van der Waals surface area contributed by atoms with Crippen molar-refractivity contribution in [1.82, 2.24) is 0 Å². The molecule has 0 aliphatic carbocycles. The van der Waals surface area contributed by atoms with Crippen LogP contribution < -0.4 is 10.1 Å². The first-order valence-corrected chi connectivity index (χ1v) is 8.19. The Hall–Kier alpha value is -2.76. The zero-order valence-electron chi connectivity index (χ0n) is 14.7. The summed E-state index contributed by atoms with van der Waals surface area (Å²) >= 11 is 0. The van der Waals surface area contributed by atoms with Gasteiger partial charge in [-0.15, -0.1) is 0 Å². The molecule has 0 spiro atoms. The highest BCUT2D eigenvalue weighted by molar-refractivity contribution is 6.06. The number of benzene rings is 1. The van der Waals surface area contributed by atoms with Crippen molar-refractivity contribution in [2.45, 2.75) is 33.6 Å². The molecule has 1 aromatic heterocycles. The largest absolute Gasteiger partial charge is 0.494 e. The van der Waals surface area contributed by atoms with Crippen molar-refractivity contribution >= 4 is 17.6 Å². The molecule has 0 saturated heterocycles. The van der Waals surface area contributed by atoms with E-state index in [4.69, 9.17) is 14.3 Å². The summed E-state index contributed by atoms with van der Waals surface area (Å²) in [6.07, 6.45) is 2.00. The molecule has 1 heterocycles. The zero-order valence-corrected chi connectivity index (χ0v) is 14.7. The van der Waals surface area contributed by atoms with Gasteiger partial charge in [0.1, 0.15) is 17.9 Å². The first kappa shape index (κ1) is 18.6. The van der Waals surface area contributed by atoms with Crippen LogP contribution in [0.4, 0.5) is 5.69 Å². The fourth-order valence-electron chi connectivity index (χ4n) is 2.34. The third-order valence-electron chi connectivity index (χ3n) is 3.65. The number of anilines is 1. The lowest BCUT2D eigenvalue weighted by molar-refractivity contribution is -0.136. The van der Waals surface area contributed by atoms with Crippen molar-refractivity contribution < 1.29 is 23.8 Å². The van der Waals surface area contributed by atoms with E-state index in [0.29, 0.717) is 29.5 Å². The van der Waals surface area contributed by atoms with Gasteiger partial charge in [-0.2, -0.15) is 0 Å². The van der Waals surface area contributed by atoms with Crippen molar-refractivity contribution in [3.8, 4) is 5.75 Å². The van der Waals surface area contributed by atoms with Crippen LogP contribution in [0.25, 0.3) is 0 Å². The fourth-order valence-corrected chi connectivity index (χ4v) is 2.34. The lowest BCUT2D eigenvalue weighted by atomic mass is 10.1. The van der Waals surface area contributed by atoms with Crippen LogP contribution in [-0.4, -0.2) is 23.6 Å². The standard InChI is InChI=1S/C19H23NO5/c1-12(2)7-8-24-15-6-4-5-14(9-15)20-19(23)18-13(3)11-25-16(18)10-17(21)22/h4-6,9,11-12H,7-8,10H2,1-3H3,(H,20,23)(H,21,22). The number of hydrogen-bond donors (Lipinski definition) is 2. The number of ether oxygens (including phenoxy) is 1. The van der Waals surface area contributed by atoms with Gasteiger partial charge in [0, 0.05) is 17.3 Å². The first-order valence-electron chi connectivity index (χ1n) is 8.19. The minimum absolute atomic E-state index is 0.145. The summed E-state index contributed by atoms with van der Waals surface area (Å²) in [5.41, 5.74) is 1.43. The summed E-state index contributed by atoms with van der Waals surface area (Å²) in [6, 6.07) is 7.11. The summed E-state index contributed by atoms with van der Waals surface area (Å²) in [5.74, 6) is -0.0784. The Bertz CT molecular complexity index is 748. The third kappa shape index (κ3) is 5.38. The number of carboxylic acid groups (broad SMARTS) is 1. The molecule has 6 nitrogen and oxygen atoms in total. The maximum atomic E-state index is 12.5. The minimum Gasteiger partial charge on any atom is -0.494 e. The predicted molar refractivity (Wildman–Crippen MR) is 94.1 cm³/mol. The van der Waals surface area contributed by atoms with Crippen LogP contribution in [-0.2, 0) is 11.2 Å². The molecule has 2 N–H and O–H groups in total. The molecule has 0 radical (unpaired) electrons. The number of hydrogen-bond acceptors (Lipinski definition) is 4. The Morgan fingerprint density at radius 3 is 2.76 bits per heavy atom. The lowest BCUT2D eigenvalue weighted by Gasteiger charge is -2.10. The van der Waals surface area contributed by atoms with Gasteiger partial charge in [0.25, 0.3) is 5.91 Å². The summed E-state index contributed by atoms with van der Waals surface area (Å²) in [5, 5.41) is 11.7. The normalized spacial score (nSPS) is 10.7. The lowest BCUT2D eigenvalue weighted by Crippen LogP contribution is -2.15. The number of nitrogens with one attached hydrogen (secondary N) is 1. The highest BCUT2D eigenvalue weighted by atomic mass is 16.5. The Labute approximate surface area is 146 Å². The molecule has 0 unspecified atom stereocenters. The second-order valence-corrected chi connectivity index (χ2v) is 6.30. The van der Waals surface area contributed by atoms with E-state index in [1.807, 2.05) is 6.07 Å². The molecule has 6 heteroatoms. The second kappa shape index (κ2) is 8.37. The number of rotatable bonds is 8. The van der Waals surface area contributed by atoms with Gasteiger partial charge in [-0.25, -0.2) is 0 Å². The fraction of sp³-hybridized carbons (Fsp3) is 0.368. The molecule has 0 aliphatic heterocycles. The quantitative estimate of drug-likeness (QED) is 0.757. The molecule has 1 amide bonds. The Morgan fingerprint density at radius 2 is 2.08 bits per heavy atom. The number of furan rings is 1. The number of amides is 1. The van der Waals surface area contributed by atoms with Crippen LogP contribution in [0.3, 0.4) is 0 Å². The van der Waals surface area contributed by atoms with E-state index in [9.17, 15) is 9.59 Å². The molecule has 0 aliphatic rings. The molecule has 0 atom stereocenters. The van der Waals surface area contributed by atoms with Crippen LogP contribution in [0.15, 0.2) is 34.9 Å². The molecule has 2 aromatic rings. The van der Waals surface area contributed by atoms with E-state index >= 15 is 0 Å². The topological polar surface area (TPSA) is 88.8 Å². The van der Waals surface area contributed by atoms with Crippen LogP contribution in [0.2, 0.25) is 0 Å². The number of aryl methyl sites for hydroxylation is 1. The Morgan fingerprint density at radius 1 is 1.32 bits per heavy atom. The molecule has 0 saturated carbocycles. The summed E-state index contributed by atoms with van der Waals surface area (Å²) < 4.78 is 10.9. The molecule has 134 valence electrons. The van der Waals surface area contributed by atoms with E-state index in [0.717, 1.165) is 6.42 Å². The zero-order chi connectivity index (χ0) is 18.4. The summed E-state index contributed by atoms with van der Waals surface area (Å²) in [4.78, 5) is 23.4. The smallest absolute Gasteiger partial charge is 0.311 e. The average Bonchev–Trinajstić information content (AvgIpc) is 2.87. The molecule has 0 bridgehead atoms. The number of carbonyl (C=O) groups excluding carboxylic acids is 1. The van der Waals surface area contributed by atoms with Gasteiger partial charge in [-0.1, -0.05) is 19.9 Å². The van der Waals surface area contributed by atoms with E-state index in [2.05, 4.69) is 19.2 Å². The Kier molecular flexibility index (Phi) is 6.22. The van der Waals surface area contributed by atoms with Gasteiger partial charge in [-0.3, -0.25) is 9.59 Å². The van der Waals surface area contributed by atoms with Gasteiger partial charge in [0.15, 0.2) is 0 Å².